The van der Waals surface area contributed by atoms with Gasteiger partial charge in [-0.15, -0.1) is 0 Å². The van der Waals surface area contributed by atoms with E-state index in [9.17, 15) is 22.8 Å². The first-order chi connectivity index (χ1) is 10.8. The van der Waals surface area contributed by atoms with Gasteiger partial charge >= 0.3 is 12.3 Å². The number of anilines is 2. The average molecular weight is 333 g/mol. The first-order valence-electron chi connectivity index (χ1n) is 6.56. The molecule has 0 saturated carbocycles. The van der Waals surface area contributed by atoms with E-state index in [2.05, 4.69) is 19.8 Å². The maximum atomic E-state index is 12.9. The quantitative estimate of drug-likeness (QED) is 0.911. The van der Waals surface area contributed by atoms with Gasteiger partial charge in [-0.05, 0) is 19.1 Å². The zero-order chi connectivity index (χ0) is 17.2. The fraction of sp³-hybridized carbons (Fsp3) is 0.462. The number of nitrogens with one attached hydrogen (secondary N) is 1. The van der Waals surface area contributed by atoms with E-state index < -0.39 is 30.3 Å². The van der Waals surface area contributed by atoms with E-state index in [1.807, 2.05) is 0 Å². The van der Waals surface area contributed by atoms with E-state index in [0.717, 1.165) is 4.90 Å². The highest BCUT2D eigenvalue weighted by Gasteiger charge is 2.55. The molecule has 23 heavy (non-hydrogen) atoms. The molecule has 0 spiro atoms. The van der Waals surface area contributed by atoms with Crippen LogP contribution in [0.4, 0.5) is 29.5 Å². The fourth-order valence-corrected chi connectivity index (χ4v) is 2.19. The Balaban J connectivity index is 2.31. The van der Waals surface area contributed by atoms with E-state index in [1.54, 1.807) is 0 Å². The van der Waals surface area contributed by atoms with Crippen LogP contribution in [0.3, 0.4) is 0 Å². The van der Waals surface area contributed by atoms with Crippen LogP contribution in [-0.4, -0.2) is 49.0 Å². The smallest absolute Gasteiger partial charge is 0.427 e. The number of cyclic esters (lactones) is 1. The normalized spacial score (nSPS) is 21.3. The molecule has 2 unspecified atom stereocenters. The van der Waals surface area contributed by atoms with Gasteiger partial charge in [0.25, 0.3) is 0 Å². The minimum Gasteiger partial charge on any atom is -0.434 e. The molecule has 1 saturated heterocycles. The number of amides is 2. The van der Waals surface area contributed by atoms with Crippen molar-refractivity contribution in [3.05, 3.63) is 18.3 Å². The van der Waals surface area contributed by atoms with Crippen molar-refractivity contribution in [2.24, 2.45) is 0 Å². The van der Waals surface area contributed by atoms with Crippen molar-refractivity contribution >= 4 is 23.5 Å². The molecular formula is C13H14F3N3O4. The van der Waals surface area contributed by atoms with Crippen LogP contribution in [0.25, 0.3) is 0 Å². The minimum absolute atomic E-state index is 0.0844. The van der Waals surface area contributed by atoms with Gasteiger partial charge in [0.15, 0.2) is 5.82 Å². The van der Waals surface area contributed by atoms with Gasteiger partial charge in [0, 0.05) is 13.3 Å². The van der Waals surface area contributed by atoms with E-state index in [4.69, 9.17) is 0 Å². The lowest BCUT2D eigenvalue weighted by atomic mass is 10.1. The number of carbonyl (C=O) groups is 2. The van der Waals surface area contributed by atoms with Crippen LogP contribution in [0.2, 0.25) is 0 Å². The highest BCUT2D eigenvalue weighted by Crippen LogP contribution is 2.37. The Kier molecular flexibility index (Phi) is 4.73. The Hall–Kier alpha value is -2.36. The van der Waals surface area contributed by atoms with Crippen LogP contribution in [0.1, 0.15) is 6.92 Å². The van der Waals surface area contributed by atoms with Crippen LogP contribution in [-0.2, 0) is 14.3 Å². The summed E-state index contributed by atoms with van der Waals surface area (Å²) in [5.74, 6) is -0.657. The summed E-state index contributed by atoms with van der Waals surface area (Å²) < 4.78 is 47.7. The van der Waals surface area contributed by atoms with Gasteiger partial charge in [-0.25, -0.2) is 9.78 Å². The van der Waals surface area contributed by atoms with Gasteiger partial charge in [0.05, 0.1) is 11.7 Å². The molecule has 2 atom stereocenters. The number of alkyl halides is 3. The second-order valence-corrected chi connectivity index (χ2v) is 4.81. The van der Waals surface area contributed by atoms with Crippen LogP contribution in [0, 0.1) is 0 Å². The Morgan fingerprint density at radius 2 is 2.22 bits per heavy atom. The lowest BCUT2D eigenvalue weighted by molar-refractivity contribution is -0.198. The molecule has 0 aliphatic carbocycles. The average Bonchev–Trinajstić information content (AvgIpc) is 2.75. The summed E-state index contributed by atoms with van der Waals surface area (Å²) in [5, 5.41) is 2.43. The number of halogens is 3. The summed E-state index contributed by atoms with van der Waals surface area (Å²) in [6.45, 7) is 0.942. The number of methoxy groups -OCH3 is 1. The Labute approximate surface area is 129 Å². The van der Waals surface area contributed by atoms with Crippen LogP contribution in [0.5, 0.6) is 0 Å². The summed E-state index contributed by atoms with van der Waals surface area (Å²) in [7, 11) is 1.32. The number of hydrogen-bond acceptors (Lipinski definition) is 5. The highest BCUT2D eigenvalue weighted by molar-refractivity contribution is 5.99. The number of ether oxygens (including phenoxy) is 2. The van der Waals surface area contributed by atoms with Gasteiger partial charge in [0.1, 0.15) is 6.61 Å². The maximum absolute atomic E-state index is 12.9. The van der Waals surface area contributed by atoms with Crippen molar-refractivity contribution < 1.29 is 32.2 Å². The molecule has 7 nitrogen and oxygen atoms in total. The van der Waals surface area contributed by atoms with E-state index in [1.165, 1.54) is 32.4 Å². The molecule has 0 bridgehead atoms. The first-order valence-corrected chi connectivity index (χ1v) is 6.56. The topological polar surface area (TPSA) is 80.8 Å². The monoisotopic (exact) mass is 333 g/mol. The lowest BCUT2D eigenvalue weighted by Gasteiger charge is -2.23. The summed E-state index contributed by atoms with van der Waals surface area (Å²) >= 11 is 0. The number of hydrogen-bond donors (Lipinski definition) is 1. The fourth-order valence-electron chi connectivity index (χ4n) is 2.19. The Morgan fingerprint density at radius 1 is 1.52 bits per heavy atom. The number of nitrogens with zero attached hydrogens (tertiary/aromatic N) is 2. The van der Waals surface area contributed by atoms with Crippen molar-refractivity contribution in [2.75, 3.05) is 23.9 Å². The summed E-state index contributed by atoms with van der Waals surface area (Å²) in [4.78, 5) is 28.1. The molecule has 1 N–H and O–H groups in total. The van der Waals surface area contributed by atoms with Crippen molar-refractivity contribution in [3.8, 4) is 0 Å². The maximum Gasteiger partial charge on any atom is 0.427 e. The summed E-state index contributed by atoms with van der Waals surface area (Å²) in [6, 6.07) is 1.56. The SMILES string of the molecule is COCC(=O)Nc1cccnc1N1C(=O)OC(C(F)(F)F)C1C. The molecule has 1 fully saturated rings. The Morgan fingerprint density at radius 3 is 2.78 bits per heavy atom. The van der Waals surface area contributed by atoms with Crippen molar-refractivity contribution in [2.45, 2.75) is 25.2 Å². The molecule has 1 aromatic heterocycles. The third-order valence-electron chi connectivity index (χ3n) is 3.16. The second-order valence-electron chi connectivity index (χ2n) is 4.81. The first kappa shape index (κ1) is 17.0. The molecule has 0 radical (unpaired) electrons. The van der Waals surface area contributed by atoms with Crippen molar-refractivity contribution in [3.63, 3.8) is 0 Å². The van der Waals surface area contributed by atoms with Gasteiger partial charge < -0.3 is 14.8 Å². The molecule has 1 aromatic rings. The number of carbonyl (C=O) groups excluding carboxylic acids is 2. The summed E-state index contributed by atoms with van der Waals surface area (Å²) in [5.41, 5.74) is 0.0844. The molecular weight excluding hydrogens is 319 g/mol. The standard InChI is InChI=1S/C13H14F3N3O4/c1-7-10(13(14,15)16)23-12(21)19(7)11-8(4-3-5-17-11)18-9(20)6-22-2/h3-5,7,10H,6H2,1-2H3,(H,18,20). The molecule has 126 valence electrons. The molecule has 1 aliphatic heterocycles. The number of pyridine rings is 1. The molecule has 10 heteroatoms. The molecule has 2 rings (SSSR count). The predicted octanol–water partition coefficient (Wildman–Crippen LogP) is 1.94. The third kappa shape index (κ3) is 3.52. The largest absolute Gasteiger partial charge is 0.434 e. The van der Waals surface area contributed by atoms with Gasteiger partial charge in [-0.3, -0.25) is 9.69 Å². The molecule has 2 heterocycles. The van der Waals surface area contributed by atoms with Gasteiger partial charge in [-0.2, -0.15) is 13.2 Å². The van der Waals surface area contributed by atoms with E-state index >= 15 is 0 Å². The summed E-state index contributed by atoms with van der Waals surface area (Å²) in [6.07, 6.45) is -6.85. The Bertz CT molecular complexity index is 608. The zero-order valence-corrected chi connectivity index (χ0v) is 12.3. The third-order valence-corrected chi connectivity index (χ3v) is 3.16. The second kappa shape index (κ2) is 6.41. The van der Waals surface area contributed by atoms with Crippen molar-refractivity contribution in [1.29, 1.82) is 0 Å². The van der Waals surface area contributed by atoms with Crippen LogP contribution in [0.15, 0.2) is 18.3 Å². The van der Waals surface area contributed by atoms with Crippen LogP contribution >= 0.6 is 0 Å². The highest BCUT2D eigenvalue weighted by atomic mass is 19.4. The molecule has 1 aliphatic rings. The minimum atomic E-state index is -4.70. The van der Waals surface area contributed by atoms with E-state index in [0.29, 0.717) is 0 Å². The number of aromatic nitrogens is 1. The van der Waals surface area contributed by atoms with Gasteiger partial charge in [-0.1, -0.05) is 0 Å². The van der Waals surface area contributed by atoms with Gasteiger partial charge in [0.2, 0.25) is 12.0 Å². The molecule has 2 amide bonds. The van der Waals surface area contributed by atoms with E-state index in [-0.39, 0.29) is 18.1 Å². The van der Waals surface area contributed by atoms with Crippen molar-refractivity contribution in [1.82, 2.24) is 4.98 Å². The zero-order valence-electron chi connectivity index (χ0n) is 12.3. The molecule has 0 aromatic carbocycles. The lowest BCUT2D eigenvalue weighted by Crippen LogP contribution is -2.41. The predicted molar refractivity (Wildman–Crippen MR) is 73.0 cm³/mol. The van der Waals surface area contributed by atoms with Crippen LogP contribution < -0.4 is 10.2 Å². The number of rotatable bonds is 4.